The molecule has 152 valence electrons. The first kappa shape index (κ1) is 19.3. The molecule has 3 aromatic heterocycles. The minimum atomic E-state index is -0.454. The third-order valence-corrected chi connectivity index (χ3v) is 5.84. The standard InChI is InChI=1S/C21H25N5O3/c1-12-18(13(2)25(3)24-12)23-21(29)17-11-26(14-6-8-15(27)9-7-14)20-16(19(17)28)5-4-10-22-20/h4-5,10-11,14-15,27H,6-9H2,1-3H3,(H,23,29)/t14-,15-. The van der Waals surface area contributed by atoms with Crippen LogP contribution in [0.4, 0.5) is 5.69 Å². The summed E-state index contributed by atoms with van der Waals surface area (Å²) in [6.07, 6.45) is 5.93. The lowest BCUT2D eigenvalue weighted by atomic mass is 9.92. The summed E-state index contributed by atoms with van der Waals surface area (Å²) in [5.74, 6) is -0.454. The number of pyridine rings is 2. The number of rotatable bonds is 3. The van der Waals surface area contributed by atoms with Crippen molar-refractivity contribution < 1.29 is 9.90 Å². The number of aromatic nitrogens is 4. The highest BCUT2D eigenvalue weighted by Crippen LogP contribution is 2.30. The lowest BCUT2D eigenvalue weighted by Crippen LogP contribution is -2.28. The first-order valence-corrected chi connectivity index (χ1v) is 9.86. The molecular weight excluding hydrogens is 370 g/mol. The number of aryl methyl sites for hydroxylation is 2. The number of amides is 1. The van der Waals surface area contributed by atoms with Crippen LogP contribution in [0, 0.1) is 13.8 Å². The molecule has 2 N–H and O–H groups in total. The summed E-state index contributed by atoms with van der Waals surface area (Å²) >= 11 is 0. The summed E-state index contributed by atoms with van der Waals surface area (Å²) in [4.78, 5) is 30.5. The van der Waals surface area contributed by atoms with Gasteiger partial charge >= 0.3 is 0 Å². The highest BCUT2D eigenvalue weighted by atomic mass is 16.3. The average Bonchev–Trinajstić information content (AvgIpc) is 2.95. The van der Waals surface area contributed by atoms with E-state index in [-0.39, 0.29) is 23.1 Å². The predicted molar refractivity (Wildman–Crippen MR) is 110 cm³/mol. The Bertz CT molecular complexity index is 1140. The smallest absolute Gasteiger partial charge is 0.261 e. The van der Waals surface area contributed by atoms with Crippen LogP contribution in [0.25, 0.3) is 11.0 Å². The van der Waals surface area contributed by atoms with Crippen LogP contribution in [0.5, 0.6) is 0 Å². The van der Waals surface area contributed by atoms with E-state index < -0.39 is 5.91 Å². The van der Waals surface area contributed by atoms with E-state index in [9.17, 15) is 14.7 Å². The van der Waals surface area contributed by atoms with Crippen molar-refractivity contribution in [2.24, 2.45) is 7.05 Å². The summed E-state index contributed by atoms with van der Waals surface area (Å²) in [5, 5.41) is 17.4. The van der Waals surface area contributed by atoms with E-state index in [2.05, 4.69) is 15.4 Å². The molecule has 0 saturated heterocycles. The first-order valence-electron chi connectivity index (χ1n) is 9.86. The summed E-state index contributed by atoms with van der Waals surface area (Å²) in [5.41, 5.74) is 2.46. The van der Waals surface area contributed by atoms with Gasteiger partial charge in [-0.05, 0) is 51.7 Å². The highest BCUT2D eigenvalue weighted by Gasteiger charge is 2.25. The molecule has 29 heavy (non-hydrogen) atoms. The number of carbonyl (C=O) groups excluding carboxylic acids is 1. The molecule has 3 heterocycles. The molecule has 1 aliphatic rings. The van der Waals surface area contributed by atoms with Gasteiger partial charge in [-0.1, -0.05) is 0 Å². The van der Waals surface area contributed by atoms with Crippen LogP contribution in [-0.2, 0) is 7.05 Å². The number of hydrogen-bond acceptors (Lipinski definition) is 5. The van der Waals surface area contributed by atoms with E-state index >= 15 is 0 Å². The van der Waals surface area contributed by atoms with Crippen molar-refractivity contribution in [3.63, 3.8) is 0 Å². The van der Waals surface area contributed by atoms with E-state index in [1.165, 1.54) is 0 Å². The maximum absolute atomic E-state index is 13.1. The minimum Gasteiger partial charge on any atom is -0.393 e. The van der Waals surface area contributed by atoms with E-state index in [1.807, 2.05) is 25.5 Å². The van der Waals surface area contributed by atoms with Gasteiger partial charge in [-0.2, -0.15) is 5.10 Å². The van der Waals surface area contributed by atoms with Crippen LogP contribution >= 0.6 is 0 Å². The molecule has 1 fully saturated rings. The maximum Gasteiger partial charge on any atom is 0.261 e. The zero-order valence-corrected chi connectivity index (χ0v) is 16.8. The quantitative estimate of drug-likeness (QED) is 0.709. The Kier molecular flexibility index (Phi) is 4.96. The SMILES string of the molecule is Cc1nn(C)c(C)c1NC(=O)c1cn([C@H]2CC[C@H](O)CC2)c2ncccc2c1=O. The number of nitrogens with one attached hydrogen (secondary N) is 1. The number of fused-ring (bicyclic) bond motifs is 1. The van der Waals surface area contributed by atoms with Crippen LogP contribution < -0.4 is 10.7 Å². The van der Waals surface area contributed by atoms with E-state index in [0.717, 1.165) is 18.5 Å². The van der Waals surface area contributed by atoms with Gasteiger partial charge in [-0.15, -0.1) is 0 Å². The lowest BCUT2D eigenvalue weighted by molar-refractivity contribution is 0.102. The zero-order chi connectivity index (χ0) is 20.7. The molecule has 0 bridgehead atoms. The molecule has 1 saturated carbocycles. The number of hydrogen-bond donors (Lipinski definition) is 2. The van der Waals surface area contributed by atoms with Crippen molar-refractivity contribution in [1.82, 2.24) is 19.3 Å². The first-order chi connectivity index (χ1) is 13.9. The van der Waals surface area contributed by atoms with Crippen LogP contribution in [0.15, 0.2) is 29.3 Å². The van der Waals surface area contributed by atoms with Crippen molar-refractivity contribution in [3.05, 3.63) is 51.7 Å². The molecular formula is C21H25N5O3. The number of anilines is 1. The van der Waals surface area contributed by atoms with E-state index in [4.69, 9.17) is 0 Å². The summed E-state index contributed by atoms with van der Waals surface area (Å²) in [6, 6.07) is 3.50. The van der Waals surface area contributed by atoms with E-state index in [0.29, 0.717) is 35.3 Å². The van der Waals surface area contributed by atoms with E-state index in [1.54, 1.807) is 29.2 Å². The molecule has 0 spiro atoms. The molecule has 0 aliphatic heterocycles. The molecule has 0 radical (unpaired) electrons. The van der Waals surface area contributed by atoms with Crippen LogP contribution in [0.1, 0.15) is 53.5 Å². The summed E-state index contributed by atoms with van der Waals surface area (Å²) < 4.78 is 3.63. The third-order valence-electron chi connectivity index (χ3n) is 5.84. The fourth-order valence-corrected chi connectivity index (χ4v) is 4.10. The van der Waals surface area contributed by atoms with Crippen LogP contribution in [-0.4, -0.2) is 36.4 Å². The monoisotopic (exact) mass is 395 g/mol. The summed E-state index contributed by atoms with van der Waals surface area (Å²) in [6.45, 7) is 3.68. The predicted octanol–water partition coefficient (Wildman–Crippen LogP) is 2.48. The second-order valence-electron chi connectivity index (χ2n) is 7.74. The van der Waals surface area contributed by atoms with Gasteiger partial charge in [-0.25, -0.2) is 4.98 Å². The van der Waals surface area contributed by atoms with Gasteiger partial charge in [-0.3, -0.25) is 14.3 Å². The van der Waals surface area contributed by atoms with Gasteiger partial charge in [0, 0.05) is 25.5 Å². The van der Waals surface area contributed by atoms with Gasteiger partial charge in [0.05, 0.1) is 28.6 Å². The van der Waals surface area contributed by atoms with Crippen LogP contribution in [0.3, 0.4) is 0 Å². The van der Waals surface area contributed by atoms with Crippen molar-refractivity contribution in [2.45, 2.75) is 51.7 Å². The highest BCUT2D eigenvalue weighted by molar-refractivity contribution is 6.06. The maximum atomic E-state index is 13.1. The Balaban J connectivity index is 1.79. The number of nitrogens with zero attached hydrogens (tertiary/aromatic N) is 4. The molecule has 1 amide bonds. The van der Waals surface area contributed by atoms with Crippen molar-refractivity contribution in [2.75, 3.05) is 5.32 Å². The Hall–Kier alpha value is -3.00. The van der Waals surface area contributed by atoms with Crippen molar-refractivity contribution in [1.29, 1.82) is 0 Å². The number of aliphatic hydroxyl groups excluding tert-OH is 1. The molecule has 8 heteroatoms. The van der Waals surface area contributed by atoms with Gasteiger partial charge in [0.25, 0.3) is 5.91 Å². The zero-order valence-electron chi connectivity index (χ0n) is 16.8. The molecule has 0 unspecified atom stereocenters. The number of aliphatic hydroxyl groups is 1. The van der Waals surface area contributed by atoms with Gasteiger partial charge in [0.1, 0.15) is 11.2 Å². The Morgan fingerprint density at radius 1 is 1.24 bits per heavy atom. The number of carbonyl (C=O) groups is 1. The van der Waals surface area contributed by atoms with Gasteiger partial charge in [0.15, 0.2) is 0 Å². The Morgan fingerprint density at radius 2 is 1.97 bits per heavy atom. The van der Waals surface area contributed by atoms with Crippen molar-refractivity contribution in [3.8, 4) is 0 Å². The molecule has 8 nitrogen and oxygen atoms in total. The second-order valence-corrected chi connectivity index (χ2v) is 7.74. The molecule has 4 rings (SSSR count). The Labute approximate surface area is 168 Å². The average molecular weight is 395 g/mol. The minimum absolute atomic E-state index is 0.0827. The van der Waals surface area contributed by atoms with Gasteiger partial charge < -0.3 is 15.0 Å². The van der Waals surface area contributed by atoms with Crippen molar-refractivity contribution >= 4 is 22.6 Å². The normalized spacial score (nSPS) is 19.4. The lowest BCUT2D eigenvalue weighted by Gasteiger charge is -2.28. The summed E-state index contributed by atoms with van der Waals surface area (Å²) in [7, 11) is 1.81. The topological polar surface area (TPSA) is 102 Å². The molecule has 1 aliphatic carbocycles. The fraction of sp³-hybridized carbons (Fsp3) is 0.429. The largest absolute Gasteiger partial charge is 0.393 e. The fourth-order valence-electron chi connectivity index (χ4n) is 4.10. The molecule has 0 aromatic carbocycles. The molecule has 3 aromatic rings. The Morgan fingerprint density at radius 3 is 2.62 bits per heavy atom. The molecule has 0 atom stereocenters. The third kappa shape index (κ3) is 3.44. The van der Waals surface area contributed by atoms with Crippen LogP contribution in [0.2, 0.25) is 0 Å². The second kappa shape index (κ2) is 7.44. The van der Waals surface area contributed by atoms with Gasteiger partial charge in [0.2, 0.25) is 5.43 Å².